The molecule has 90 valence electrons. The summed E-state index contributed by atoms with van der Waals surface area (Å²) in [5.74, 6) is 0. The molecule has 0 bridgehead atoms. The van der Waals surface area contributed by atoms with Crippen LogP contribution in [-0.2, 0) is 0 Å². The van der Waals surface area contributed by atoms with Gasteiger partial charge in [-0.05, 0) is 48.8 Å². The molecule has 1 aliphatic rings. The van der Waals surface area contributed by atoms with Gasteiger partial charge in [0, 0.05) is 18.0 Å². The van der Waals surface area contributed by atoms with Crippen molar-refractivity contribution in [2.45, 2.75) is 32.2 Å². The highest BCUT2D eigenvalue weighted by Crippen LogP contribution is 2.20. The van der Waals surface area contributed by atoms with E-state index in [2.05, 4.69) is 38.1 Å². The fourth-order valence-corrected chi connectivity index (χ4v) is 3.21. The summed E-state index contributed by atoms with van der Waals surface area (Å²) in [5, 5.41) is 6.42. The van der Waals surface area contributed by atoms with Crippen LogP contribution in [0.4, 0.5) is 5.13 Å². The Hall–Kier alpha value is -0.130. The van der Waals surface area contributed by atoms with Crippen LogP contribution in [0, 0.1) is 0 Å². The van der Waals surface area contributed by atoms with Crippen molar-refractivity contribution >= 4 is 32.4 Å². The summed E-state index contributed by atoms with van der Waals surface area (Å²) in [5.41, 5.74) is 0. The first kappa shape index (κ1) is 12.3. The van der Waals surface area contributed by atoms with E-state index in [1.807, 2.05) is 5.38 Å². The molecule has 0 spiro atoms. The number of nitrogens with one attached hydrogen (secondary N) is 1. The van der Waals surface area contributed by atoms with Gasteiger partial charge in [-0.15, -0.1) is 11.3 Å². The molecule has 0 saturated carbocycles. The molecule has 2 rings (SSSR count). The molecule has 2 heterocycles. The first-order valence-electron chi connectivity index (χ1n) is 5.84. The Morgan fingerprint density at radius 2 is 2.25 bits per heavy atom. The quantitative estimate of drug-likeness (QED) is 0.926. The molecule has 1 aromatic rings. The average Bonchev–Trinajstić information content (AvgIpc) is 2.73. The van der Waals surface area contributed by atoms with Gasteiger partial charge in [0.05, 0.1) is 0 Å². The van der Waals surface area contributed by atoms with E-state index in [1.54, 1.807) is 11.3 Å². The summed E-state index contributed by atoms with van der Waals surface area (Å²) < 4.78 is 0.922. The van der Waals surface area contributed by atoms with E-state index >= 15 is 0 Å². The first-order valence-corrected chi connectivity index (χ1v) is 7.52. The van der Waals surface area contributed by atoms with Crippen molar-refractivity contribution in [2.75, 3.05) is 25.0 Å². The molecular weight excluding hydrogens is 286 g/mol. The van der Waals surface area contributed by atoms with E-state index in [9.17, 15) is 0 Å². The fourth-order valence-electron chi connectivity index (χ4n) is 2.06. The van der Waals surface area contributed by atoms with Gasteiger partial charge in [-0.2, -0.15) is 0 Å². The molecule has 0 radical (unpaired) electrons. The second-order valence-electron chi connectivity index (χ2n) is 4.30. The molecule has 0 aromatic carbocycles. The van der Waals surface area contributed by atoms with Crippen LogP contribution >= 0.6 is 27.3 Å². The number of anilines is 1. The Bertz CT molecular complexity index is 323. The van der Waals surface area contributed by atoms with Crippen LogP contribution in [0.3, 0.4) is 0 Å². The van der Waals surface area contributed by atoms with Crippen LogP contribution in [0.2, 0.25) is 0 Å². The van der Waals surface area contributed by atoms with Gasteiger partial charge in [-0.1, -0.05) is 6.42 Å². The smallest absolute Gasteiger partial charge is 0.183 e. The molecule has 0 amide bonds. The van der Waals surface area contributed by atoms with E-state index in [-0.39, 0.29) is 0 Å². The van der Waals surface area contributed by atoms with Gasteiger partial charge >= 0.3 is 0 Å². The monoisotopic (exact) mass is 303 g/mol. The number of piperidine rings is 1. The number of hydrogen-bond donors (Lipinski definition) is 1. The third-order valence-corrected chi connectivity index (χ3v) is 4.55. The predicted octanol–water partition coefficient (Wildman–Crippen LogP) is 3.19. The summed E-state index contributed by atoms with van der Waals surface area (Å²) in [6.07, 6.45) is 4.11. The van der Waals surface area contributed by atoms with E-state index in [0.29, 0.717) is 6.04 Å². The third-order valence-electron chi connectivity index (χ3n) is 3.04. The maximum Gasteiger partial charge on any atom is 0.183 e. The van der Waals surface area contributed by atoms with Crippen LogP contribution in [0.5, 0.6) is 0 Å². The van der Waals surface area contributed by atoms with Gasteiger partial charge < -0.3 is 5.32 Å². The van der Waals surface area contributed by atoms with Crippen molar-refractivity contribution in [3.8, 4) is 0 Å². The highest BCUT2D eigenvalue weighted by atomic mass is 79.9. The summed E-state index contributed by atoms with van der Waals surface area (Å²) in [6.45, 7) is 5.79. The summed E-state index contributed by atoms with van der Waals surface area (Å²) in [6, 6.07) is 0.600. The standard InChI is InChI=1S/C11H18BrN3S/c1-9(15-5-3-2-4-6-15)7-13-11-14-10(12)8-16-11/h8-9H,2-7H2,1H3,(H,13,14). The molecule has 1 saturated heterocycles. The topological polar surface area (TPSA) is 28.2 Å². The Kier molecular flexibility index (Phi) is 4.61. The zero-order valence-corrected chi connectivity index (χ0v) is 12.0. The molecular formula is C11H18BrN3S. The third kappa shape index (κ3) is 3.43. The van der Waals surface area contributed by atoms with Gasteiger partial charge in [0.25, 0.3) is 0 Å². The van der Waals surface area contributed by atoms with Crippen molar-refractivity contribution in [1.82, 2.24) is 9.88 Å². The van der Waals surface area contributed by atoms with Crippen LogP contribution in [-0.4, -0.2) is 35.6 Å². The minimum atomic E-state index is 0.600. The zero-order valence-electron chi connectivity index (χ0n) is 9.58. The number of aromatic nitrogens is 1. The number of hydrogen-bond acceptors (Lipinski definition) is 4. The van der Waals surface area contributed by atoms with Crippen LogP contribution < -0.4 is 5.32 Å². The molecule has 1 N–H and O–H groups in total. The molecule has 1 aliphatic heterocycles. The molecule has 16 heavy (non-hydrogen) atoms. The van der Waals surface area contributed by atoms with E-state index in [0.717, 1.165) is 16.3 Å². The second-order valence-corrected chi connectivity index (χ2v) is 5.97. The minimum absolute atomic E-state index is 0.600. The molecule has 1 aromatic heterocycles. The maximum absolute atomic E-state index is 4.33. The molecule has 5 heteroatoms. The molecule has 1 fully saturated rings. The fraction of sp³-hybridized carbons (Fsp3) is 0.727. The van der Waals surface area contributed by atoms with Gasteiger partial charge in [0.1, 0.15) is 4.60 Å². The molecule has 3 nitrogen and oxygen atoms in total. The summed E-state index contributed by atoms with van der Waals surface area (Å²) in [4.78, 5) is 6.90. The van der Waals surface area contributed by atoms with E-state index in [4.69, 9.17) is 0 Å². The number of likely N-dealkylation sites (tertiary alicyclic amines) is 1. The Morgan fingerprint density at radius 1 is 1.50 bits per heavy atom. The lowest BCUT2D eigenvalue weighted by Gasteiger charge is -2.32. The van der Waals surface area contributed by atoms with Crippen LogP contribution in [0.15, 0.2) is 9.98 Å². The lowest BCUT2D eigenvalue weighted by atomic mass is 10.1. The summed E-state index contributed by atoms with van der Waals surface area (Å²) >= 11 is 5.02. The number of halogens is 1. The highest BCUT2D eigenvalue weighted by molar-refractivity contribution is 9.10. The Morgan fingerprint density at radius 3 is 2.88 bits per heavy atom. The summed E-state index contributed by atoms with van der Waals surface area (Å²) in [7, 11) is 0. The first-order chi connectivity index (χ1) is 7.75. The second kappa shape index (κ2) is 5.98. The molecule has 1 atom stereocenters. The van der Waals surface area contributed by atoms with E-state index in [1.165, 1.54) is 32.4 Å². The highest BCUT2D eigenvalue weighted by Gasteiger charge is 2.16. The van der Waals surface area contributed by atoms with Gasteiger partial charge in [-0.3, -0.25) is 4.90 Å². The lowest BCUT2D eigenvalue weighted by molar-refractivity contribution is 0.180. The van der Waals surface area contributed by atoms with E-state index < -0.39 is 0 Å². The minimum Gasteiger partial charge on any atom is -0.360 e. The predicted molar refractivity (Wildman–Crippen MR) is 73.2 cm³/mol. The average molecular weight is 304 g/mol. The number of rotatable bonds is 4. The lowest BCUT2D eigenvalue weighted by Crippen LogP contribution is -2.41. The van der Waals surface area contributed by atoms with Crippen molar-refractivity contribution < 1.29 is 0 Å². The number of thiazole rings is 1. The van der Waals surface area contributed by atoms with Gasteiger partial charge in [-0.25, -0.2) is 4.98 Å². The SMILES string of the molecule is CC(CNc1nc(Br)cs1)N1CCCCC1. The van der Waals surface area contributed by atoms with Crippen molar-refractivity contribution in [3.05, 3.63) is 9.98 Å². The van der Waals surface area contributed by atoms with Crippen molar-refractivity contribution in [3.63, 3.8) is 0 Å². The zero-order chi connectivity index (χ0) is 11.4. The Balaban J connectivity index is 1.76. The van der Waals surface area contributed by atoms with Crippen molar-refractivity contribution in [1.29, 1.82) is 0 Å². The van der Waals surface area contributed by atoms with Gasteiger partial charge in [0.15, 0.2) is 5.13 Å². The maximum atomic E-state index is 4.33. The normalized spacial score (nSPS) is 19.6. The van der Waals surface area contributed by atoms with Crippen LogP contribution in [0.1, 0.15) is 26.2 Å². The molecule has 0 aliphatic carbocycles. The van der Waals surface area contributed by atoms with Crippen LogP contribution in [0.25, 0.3) is 0 Å². The largest absolute Gasteiger partial charge is 0.360 e. The van der Waals surface area contributed by atoms with Crippen molar-refractivity contribution in [2.24, 2.45) is 0 Å². The Labute approximate surface area is 109 Å². The van der Waals surface area contributed by atoms with Gasteiger partial charge in [0.2, 0.25) is 0 Å². The number of nitrogens with zero attached hydrogens (tertiary/aromatic N) is 2. The molecule has 1 unspecified atom stereocenters.